The van der Waals surface area contributed by atoms with Gasteiger partial charge in [-0.25, -0.2) is 0 Å². The van der Waals surface area contributed by atoms with Gasteiger partial charge in [-0.05, 0) is 30.5 Å². The largest absolute Gasteiger partial charge is 0.469 e. The van der Waals surface area contributed by atoms with Gasteiger partial charge in [-0.3, -0.25) is 14.5 Å². The van der Waals surface area contributed by atoms with Gasteiger partial charge in [0.25, 0.3) is 0 Å². The number of hydrogen-bond acceptors (Lipinski definition) is 4. The molecule has 0 aliphatic rings. The molecule has 5 heteroatoms. The fourth-order valence-corrected chi connectivity index (χ4v) is 3.08. The minimum absolute atomic E-state index is 0.0969. The number of hydrogen-bond donors (Lipinski definition) is 1. The monoisotopic (exact) mass is 368 g/mol. The van der Waals surface area contributed by atoms with E-state index >= 15 is 0 Å². The van der Waals surface area contributed by atoms with E-state index in [1.54, 1.807) is 0 Å². The van der Waals surface area contributed by atoms with Gasteiger partial charge < -0.3 is 10.1 Å². The van der Waals surface area contributed by atoms with E-state index < -0.39 is 0 Å². The quantitative estimate of drug-likeness (QED) is 0.724. The number of ether oxygens (including phenoxy) is 1. The minimum atomic E-state index is -0.313. The number of methoxy groups -OCH3 is 1. The zero-order chi connectivity index (χ0) is 19.8. The second-order valence-electron chi connectivity index (χ2n) is 6.89. The first-order valence-corrected chi connectivity index (χ1v) is 9.11. The third-order valence-corrected chi connectivity index (χ3v) is 4.50. The zero-order valence-corrected chi connectivity index (χ0v) is 16.5. The molecule has 1 amide bonds. The normalized spacial score (nSPS) is 11.9. The number of para-hydroxylation sites is 1. The number of nitrogens with zero attached hydrogens (tertiary/aromatic N) is 1. The molecule has 0 aliphatic heterocycles. The Bertz CT molecular complexity index is 754. The Morgan fingerprint density at radius 3 is 2.26 bits per heavy atom. The topological polar surface area (TPSA) is 58.6 Å². The van der Waals surface area contributed by atoms with Crippen LogP contribution in [0.1, 0.15) is 23.6 Å². The van der Waals surface area contributed by atoms with Crippen molar-refractivity contribution in [2.75, 3.05) is 25.5 Å². The highest BCUT2D eigenvalue weighted by molar-refractivity contribution is 5.93. The van der Waals surface area contributed by atoms with Gasteiger partial charge in [-0.2, -0.15) is 0 Å². The lowest BCUT2D eigenvalue weighted by molar-refractivity contribution is -0.145. The van der Waals surface area contributed by atoms with Crippen LogP contribution in [0, 0.1) is 19.8 Å². The molecule has 0 saturated heterocycles. The molecule has 1 atom stereocenters. The van der Waals surface area contributed by atoms with Crippen LogP contribution in [-0.4, -0.2) is 37.0 Å². The molecule has 144 valence electrons. The van der Waals surface area contributed by atoms with Crippen LogP contribution >= 0.6 is 0 Å². The smallest absolute Gasteiger partial charge is 0.309 e. The zero-order valence-electron chi connectivity index (χ0n) is 16.5. The van der Waals surface area contributed by atoms with Gasteiger partial charge in [0, 0.05) is 18.8 Å². The van der Waals surface area contributed by atoms with Crippen molar-refractivity contribution in [3.05, 3.63) is 65.2 Å². The summed E-state index contributed by atoms with van der Waals surface area (Å²) in [7, 11) is 1.38. The maximum absolute atomic E-state index is 12.7. The predicted molar refractivity (Wildman–Crippen MR) is 107 cm³/mol. The van der Waals surface area contributed by atoms with E-state index in [-0.39, 0.29) is 24.3 Å². The van der Waals surface area contributed by atoms with Crippen LogP contribution in [0.3, 0.4) is 0 Å². The molecule has 0 radical (unpaired) electrons. The van der Waals surface area contributed by atoms with Gasteiger partial charge in [0.1, 0.15) is 0 Å². The highest BCUT2D eigenvalue weighted by Gasteiger charge is 2.20. The number of carbonyl (C=O) groups excluding carboxylic acids is 2. The Hall–Kier alpha value is -2.66. The molecule has 1 N–H and O–H groups in total. The number of rotatable bonds is 8. The Morgan fingerprint density at radius 2 is 1.67 bits per heavy atom. The number of anilines is 1. The first kappa shape index (κ1) is 20.6. The molecular formula is C22H28N2O3. The highest BCUT2D eigenvalue weighted by Crippen LogP contribution is 2.19. The maximum atomic E-state index is 12.7. The van der Waals surface area contributed by atoms with E-state index in [0.717, 1.165) is 22.4 Å². The van der Waals surface area contributed by atoms with Crippen LogP contribution in [0.25, 0.3) is 0 Å². The van der Waals surface area contributed by atoms with E-state index in [1.807, 2.05) is 74.2 Å². The van der Waals surface area contributed by atoms with E-state index in [9.17, 15) is 9.59 Å². The van der Waals surface area contributed by atoms with Crippen LogP contribution in [0.15, 0.2) is 48.5 Å². The molecule has 0 saturated carbocycles. The maximum Gasteiger partial charge on any atom is 0.309 e. The molecule has 2 aromatic rings. The predicted octanol–water partition coefficient (Wildman–Crippen LogP) is 3.55. The highest BCUT2D eigenvalue weighted by atomic mass is 16.5. The van der Waals surface area contributed by atoms with E-state index in [4.69, 9.17) is 4.74 Å². The van der Waals surface area contributed by atoms with Crippen molar-refractivity contribution in [2.45, 2.75) is 27.3 Å². The van der Waals surface area contributed by atoms with Crippen molar-refractivity contribution < 1.29 is 14.3 Å². The van der Waals surface area contributed by atoms with E-state index in [0.29, 0.717) is 13.1 Å². The molecule has 5 nitrogen and oxygen atoms in total. The first-order chi connectivity index (χ1) is 12.9. The standard InChI is InChI=1S/C22H28N2O3/c1-16-9-8-10-17(2)21(16)23-20(25)15-24(13-18(3)22(26)27-4)14-19-11-6-5-7-12-19/h5-12,18H,13-15H2,1-4H3,(H,23,25). The summed E-state index contributed by atoms with van der Waals surface area (Å²) >= 11 is 0. The molecule has 0 aliphatic carbocycles. The number of benzene rings is 2. The van der Waals surface area contributed by atoms with E-state index in [1.165, 1.54) is 7.11 Å². The fourth-order valence-electron chi connectivity index (χ4n) is 3.08. The summed E-state index contributed by atoms with van der Waals surface area (Å²) in [5.41, 5.74) is 4.00. The van der Waals surface area contributed by atoms with Crippen molar-refractivity contribution in [3.8, 4) is 0 Å². The first-order valence-electron chi connectivity index (χ1n) is 9.11. The summed E-state index contributed by atoms with van der Waals surface area (Å²) in [4.78, 5) is 26.5. The van der Waals surface area contributed by atoms with Crippen LogP contribution in [0.4, 0.5) is 5.69 Å². The number of carbonyl (C=O) groups is 2. The number of amides is 1. The summed E-state index contributed by atoms with van der Waals surface area (Å²) in [5.74, 6) is -0.685. The van der Waals surface area contributed by atoms with Crippen LogP contribution in [0.2, 0.25) is 0 Å². The lowest BCUT2D eigenvalue weighted by Crippen LogP contribution is -2.38. The lowest BCUT2D eigenvalue weighted by Gasteiger charge is -2.24. The molecule has 0 fully saturated rings. The average molecular weight is 368 g/mol. The molecule has 1 unspecified atom stereocenters. The number of aryl methyl sites for hydroxylation is 2. The summed E-state index contributed by atoms with van der Waals surface area (Å²) in [6.45, 7) is 6.99. The Kier molecular flexibility index (Phi) is 7.55. The third-order valence-electron chi connectivity index (χ3n) is 4.50. The summed E-state index contributed by atoms with van der Waals surface area (Å²) < 4.78 is 4.83. The minimum Gasteiger partial charge on any atom is -0.469 e. The Labute approximate surface area is 161 Å². The van der Waals surface area contributed by atoms with Gasteiger partial charge in [0.15, 0.2) is 0 Å². The van der Waals surface area contributed by atoms with Crippen molar-refractivity contribution in [1.29, 1.82) is 0 Å². The third kappa shape index (κ3) is 6.22. The van der Waals surface area contributed by atoms with Gasteiger partial charge in [0.2, 0.25) is 5.91 Å². The second-order valence-corrected chi connectivity index (χ2v) is 6.89. The Balaban J connectivity index is 2.10. The molecule has 0 aromatic heterocycles. The van der Waals surface area contributed by atoms with Crippen molar-refractivity contribution in [3.63, 3.8) is 0 Å². The SMILES string of the molecule is COC(=O)C(C)CN(CC(=O)Nc1c(C)cccc1C)Cc1ccccc1. The second kappa shape index (κ2) is 9.88. The molecule has 0 spiro atoms. The molecule has 2 aromatic carbocycles. The summed E-state index contributed by atoms with van der Waals surface area (Å²) in [6.07, 6.45) is 0. The Morgan fingerprint density at radius 1 is 1.04 bits per heavy atom. The molecule has 0 bridgehead atoms. The summed E-state index contributed by atoms with van der Waals surface area (Å²) in [5, 5.41) is 3.01. The summed E-state index contributed by atoms with van der Waals surface area (Å²) in [6, 6.07) is 15.8. The number of esters is 1. The number of nitrogens with one attached hydrogen (secondary N) is 1. The molecular weight excluding hydrogens is 340 g/mol. The lowest BCUT2D eigenvalue weighted by atomic mass is 10.1. The van der Waals surface area contributed by atoms with Crippen LogP contribution in [0.5, 0.6) is 0 Å². The van der Waals surface area contributed by atoms with Crippen LogP contribution in [-0.2, 0) is 20.9 Å². The van der Waals surface area contributed by atoms with Crippen molar-refractivity contribution in [2.24, 2.45) is 5.92 Å². The van der Waals surface area contributed by atoms with Crippen LogP contribution < -0.4 is 5.32 Å². The fraction of sp³-hybridized carbons (Fsp3) is 0.364. The molecule has 2 rings (SSSR count). The van der Waals surface area contributed by atoms with Gasteiger partial charge in [-0.15, -0.1) is 0 Å². The van der Waals surface area contributed by atoms with Crippen molar-refractivity contribution in [1.82, 2.24) is 4.90 Å². The van der Waals surface area contributed by atoms with Gasteiger partial charge in [0.05, 0.1) is 19.6 Å². The van der Waals surface area contributed by atoms with E-state index in [2.05, 4.69) is 5.32 Å². The van der Waals surface area contributed by atoms with Gasteiger partial charge >= 0.3 is 5.97 Å². The van der Waals surface area contributed by atoms with Crippen molar-refractivity contribution >= 4 is 17.6 Å². The molecule has 27 heavy (non-hydrogen) atoms. The van der Waals surface area contributed by atoms with Gasteiger partial charge in [-0.1, -0.05) is 55.5 Å². The molecule has 0 heterocycles. The average Bonchev–Trinajstić information content (AvgIpc) is 2.64.